The SMILES string of the molecule is O=C(NCc1cc([N+](=O)[O-])ccc1[O-])c1ccc(-c2cc(Cl)ccc2Cl)o1. The van der Waals surface area contributed by atoms with E-state index in [2.05, 4.69) is 5.32 Å². The maximum Gasteiger partial charge on any atom is 0.287 e. The summed E-state index contributed by atoms with van der Waals surface area (Å²) in [6.07, 6.45) is 0. The maximum atomic E-state index is 12.2. The number of amides is 1. The van der Waals surface area contributed by atoms with Gasteiger partial charge in [-0.1, -0.05) is 29.3 Å². The number of non-ortho nitro benzene ring substituents is 1. The van der Waals surface area contributed by atoms with Crippen LogP contribution in [0.2, 0.25) is 10.0 Å². The molecule has 3 rings (SSSR count). The molecule has 0 aliphatic carbocycles. The summed E-state index contributed by atoms with van der Waals surface area (Å²) in [6, 6.07) is 11.2. The number of benzene rings is 2. The molecule has 0 saturated heterocycles. The van der Waals surface area contributed by atoms with E-state index in [0.717, 1.165) is 18.2 Å². The third-order valence-corrected chi connectivity index (χ3v) is 4.28. The number of rotatable bonds is 5. The van der Waals surface area contributed by atoms with Crippen LogP contribution in [-0.2, 0) is 6.54 Å². The van der Waals surface area contributed by atoms with Crippen LogP contribution < -0.4 is 10.4 Å². The van der Waals surface area contributed by atoms with Crippen LogP contribution in [0.5, 0.6) is 5.75 Å². The third-order valence-electron chi connectivity index (χ3n) is 3.72. The van der Waals surface area contributed by atoms with E-state index in [1.807, 2.05) is 0 Å². The topological polar surface area (TPSA) is 108 Å². The number of hydrogen-bond donors (Lipinski definition) is 1. The molecule has 7 nitrogen and oxygen atoms in total. The number of carbonyl (C=O) groups is 1. The summed E-state index contributed by atoms with van der Waals surface area (Å²) in [4.78, 5) is 22.4. The molecule has 0 fully saturated rings. The van der Waals surface area contributed by atoms with Crippen molar-refractivity contribution in [3.63, 3.8) is 0 Å². The average Bonchev–Trinajstić information content (AvgIpc) is 3.12. The zero-order chi connectivity index (χ0) is 19.6. The molecule has 0 bridgehead atoms. The van der Waals surface area contributed by atoms with E-state index in [1.165, 1.54) is 6.07 Å². The molecule has 0 radical (unpaired) electrons. The average molecular weight is 406 g/mol. The molecule has 138 valence electrons. The molecule has 0 aliphatic rings. The van der Waals surface area contributed by atoms with E-state index in [1.54, 1.807) is 24.3 Å². The van der Waals surface area contributed by atoms with Gasteiger partial charge in [0, 0.05) is 29.3 Å². The summed E-state index contributed by atoms with van der Waals surface area (Å²) < 4.78 is 5.51. The molecule has 1 amide bonds. The predicted octanol–water partition coefficient (Wildman–Crippen LogP) is 4.17. The molecule has 2 aromatic carbocycles. The number of carbonyl (C=O) groups excluding carboxylic acids is 1. The second-order valence-electron chi connectivity index (χ2n) is 5.52. The van der Waals surface area contributed by atoms with Gasteiger partial charge in [-0.05, 0) is 35.9 Å². The molecule has 3 aromatic rings. The van der Waals surface area contributed by atoms with Crippen molar-refractivity contribution >= 4 is 34.8 Å². The first-order chi connectivity index (χ1) is 12.8. The van der Waals surface area contributed by atoms with Gasteiger partial charge in [0.25, 0.3) is 11.6 Å². The van der Waals surface area contributed by atoms with Gasteiger partial charge in [0.05, 0.1) is 9.95 Å². The minimum absolute atomic E-state index is 0.000998. The lowest BCUT2D eigenvalue weighted by atomic mass is 10.1. The lowest BCUT2D eigenvalue weighted by Gasteiger charge is -2.13. The number of nitrogens with zero attached hydrogens (tertiary/aromatic N) is 1. The molecule has 9 heteroatoms. The van der Waals surface area contributed by atoms with Gasteiger partial charge in [-0.15, -0.1) is 5.75 Å². The van der Waals surface area contributed by atoms with Crippen molar-refractivity contribution in [2.75, 3.05) is 0 Å². The summed E-state index contributed by atoms with van der Waals surface area (Å²) >= 11 is 12.1. The largest absolute Gasteiger partial charge is 0.872 e. The second-order valence-corrected chi connectivity index (χ2v) is 6.36. The van der Waals surface area contributed by atoms with Gasteiger partial charge < -0.3 is 14.8 Å². The van der Waals surface area contributed by atoms with E-state index in [-0.39, 0.29) is 23.6 Å². The number of furan rings is 1. The van der Waals surface area contributed by atoms with Crippen molar-refractivity contribution < 1.29 is 19.2 Å². The summed E-state index contributed by atoms with van der Waals surface area (Å²) in [7, 11) is 0. The lowest BCUT2D eigenvalue weighted by molar-refractivity contribution is -0.385. The number of nitro benzene ring substituents is 1. The van der Waals surface area contributed by atoms with Gasteiger partial charge in [-0.3, -0.25) is 14.9 Å². The Morgan fingerprint density at radius 1 is 1.11 bits per heavy atom. The van der Waals surface area contributed by atoms with Crippen LogP contribution in [0.15, 0.2) is 52.9 Å². The van der Waals surface area contributed by atoms with E-state index in [9.17, 15) is 20.0 Å². The summed E-state index contributed by atoms with van der Waals surface area (Å²) in [6.45, 7) is -0.173. The van der Waals surface area contributed by atoms with Crippen LogP contribution in [0, 0.1) is 10.1 Å². The highest BCUT2D eigenvalue weighted by Crippen LogP contribution is 2.31. The minimum atomic E-state index is -0.613. The molecule has 0 spiro atoms. The highest BCUT2D eigenvalue weighted by Gasteiger charge is 2.15. The molecule has 0 unspecified atom stereocenters. The molecule has 0 atom stereocenters. The zero-order valence-corrected chi connectivity index (χ0v) is 15.1. The first kappa shape index (κ1) is 18.8. The molecular formula is C18H11Cl2N2O5-. The van der Waals surface area contributed by atoms with Crippen molar-refractivity contribution in [2.45, 2.75) is 6.54 Å². The fourth-order valence-corrected chi connectivity index (χ4v) is 2.75. The maximum absolute atomic E-state index is 12.2. The Bertz CT molecular complexity index is 1030. The number of nitrogens with one attached hydrogen (secondary N) is 1. The summed E-state index contributed by atoms with van der Waals surface area (Å²) in [5.74, 6) is -0.636. The monoisotopic (exact) mass is 405 g/mol. The highest BCUT2D eigenvalue weighted by molar-refractivity contribution is 6.35. The summed E-state index contributed by atoms with van der Waals surface area (Å²) in [5.41, 5.74) is 0.403. The van der Waals surface area contributed by atoms with Crippen LogP contribution in [0.4, 0.5) is 5.69 Å². The van der Waals surface area contributed by atoms with E-state index in [4.69, 9.17) is 27.6 Å². The number of nitro groups is 1. The Hall–Kier alpha value is -3.03. The quantitative estimate of drug-likeness (QED) is 0.506. The molecule has 1 heterocycles. The van der Waals surface area contributed by atoms with Crippen molar-refractivity contribution in [2.24, 2.45) is 0 Å². The number of hydrogen-bond acceptors (Lipinski definition) is 5. The van der Waals surface area contributed by atoms with Gasteiger partial charge >= 0.3 is 0 Å². The standard InChI is InChI=1S/C18H12Cl2N2O5/c19-11-1-3-14(20)13(8-11)16-5-6-17(27-16)18(24)21-9-10-7-12(22(25)26)2-4-15(10)23/h1-8,23H,9H2,(H,21,24)/p-1. The smallest absolute Gasteiger partial charge is 0.287 e. The highest BCUT2D eigenvalue weighted by atomic mass is 35.5. The Balaban J connectivity index is 1.75. The lowest BCUT2D eigenvalue weighted by Crippen LogP contribution is -2.23. The fourth-order valence-electron chi connectivity index (χ4n) is 2.37. The predicted molar refractivity (Wildman–Crippen MR) is 97.9 cm³/mol. The van der Waals surface area contributed by atoms with Gasteiger partial charge in [0.1, 0.15) is 5.76 Å². The first-order valence-corrected chi connectivity index (χ1v) is 8.38. The van der Waals surface area contributed by atoms with Crippen molar-refractivity contribution in [3.05, 3.63) is 80.0 Å². The Labute approximate surface area is 163 Å². The Kier molecular flexibility index (Phi) is 5.34. The van der Waals surface area contributed by atoms with Gasteiger partial charge in [-0.2, -0.15) is 0 Å². The molecule has 0 aliphatic heterocycles. The van der Waals surface area contributed by atoms with Crippen molar-refractivity contribution in [1.29, 1.82) is 0 Å². The van der Waals surface area contributed by atoms with Gasteiger partial charge in [0.2, 0.25) is 0 Å². The van der Waals surface area contributed by atoms with Gasteiger partial charge in [0.15, 0.2) is 5.76 Å². The van der Waals surface area contributed by atoms with Crippen LogP contribution in [-0.4, -0.2) is 10.8 Å². The van der Waals surface area contributed by atoms with Crippen LogP contribution in [0.3, 0.4) is 0 Å². The Morgan fingerprint density at radius 3 is 2.63 bits per heavy atom. The van der Waals surface area contributed by atoms with Crippen LogP contribution in [0.1, 0.15) is 16.1 Å². The third kappa shape index (κ3) is 4.21. The van der Waals surface area contributed by atoms with E-state index >= 15 is 0 Å². The number of halogens is 2. The van der Waals surface area contributed by atoms with Crippen LogP contribution >= 0.6 is 23.2 Å². The van der Waals surface area contributed by atoms with Crippen molar-refractivity contribution in [3.8, 4) is 17.1 Å². The Morgan fingerprint density at radius 2 is 1.89 bits per heavy atom. The molecule has 1 N–H and O–H groups in total. The van der Waals surface area contributed by atoms with E-state index in [0.29, 0.717) is 21.4 Å². The first-order valence-electron chi connectivity index (χ1n) is 7.63. The summed E-state index contributed by atoms with van der Waals surface area (Å²) in [5, 5.41) is 25.9. The van der Waals surface area contributed by atoms with Gasteiger partial charge in [-0.25, -0.2) is 0 Å². The normalized spacial score (nSPS) is 10.6. The molecule has 27 heavy (non-hydrogen) atoms. The molecule has 1 aromatic heterocycles. The minimum Gasteiger partial charge on any atom is -0.872 e. The van der Waals surface area contributed by atoms with E-state index < -0.39 is 16.6 Å². The van der Waals surface area contributed by atoms with Crippen LogP contribution in [0.25, 0.3) is 11.3 Å². The second kappa shape index (κ2) is 7.69. The zero-order valence-electron chi connectivity index (χ0n) is 13.6. The molecular weight excluding hydrogens is 395 g/mol. The van der Waals surface area contributed by atoms with Crippen molar-refractivity contribution in [1.82, 2.24) is 5.32 Å². The fraction of sp³-hybridized carbons (Fsp3) is 0.0556. The molecule has 0 saturated carbocycles.